The summed E-state index contributed by atoms with van der Waals surface area (Å²) in [6.07, 6.45) is -4.51. The highest BCUT2D eigenvalue weighted by Gasteiger charge is 2.36. The first kappa shape index (κ1) is 12.3. The highest BCUT2D eigenvalue weighted by atomic mass is 127. The Morgan fingerprint density at radius 1 is 1.40 bits per heavy atom. The first-order valence-corrected chi connectivity index (χ1v) is 4.97. The van der Waals surface area contributed by atoms with Crippen molar-refractivity contribution in [1.29, 1.82) is 5.26 Å². The molecular weight excluding hydrogens is 320 g/mol. The van der Waals surface area contributed by atoms with E-state index in [-0.39, 0.29) is 15.7 Å². The second-order valence-electron chi connectivity index (χ2n) is 2.81. The maximum atomic E-state index is 12.5. The van der Waals surface area contributed by atoms with Crippen LogP contribution in [0.2, 0.25) is 0 Å². The van der Waals surface area contributed by atoms with Crippen molar-refractivity contribution in [2.45, 2.75) is 12.7 Å². The van der Waals surface area contributed by atoms with Crippen LogP contribution in [0.5, 0.6) is 0 Å². The summed E-state index contributed by atoms with van der Waals surface area (Å²) in [5.41, 5.74) is 4.56. The van der Waals surface area contributed by atoms with Gasteiger partial charge in [0.15, 0.2) is 0 Å². The molecule has 0 saturated carbocycles. The molecule has 0 aliphatic heterocycles. The lowest BCUT2D eigenvalue weighted by molar-refractivity contribution is -0.138. The number of benzene rings is 1. The summed E-state index contributed by atoms with van der Waals surface area (Å²) in [5.74, 6) is 0. The van der Waals surface area contributed by atoms with Gasteiger partial charge in [-0.1, -0.05) is 0 Å². The maximum absolute atomic E-state index is 12.5. The highest BCUT2D eigenvalue weighted by Crippen LogP contribution is 2.35. The lowest BCUT2D eigenvalue weighted by atomic mass is 10.0. The van der Waals surface area contributed by atoms with E-state index in [1.165, 1.54) is 18.2 Å². The van der Waals surface area contributed by atoms with Gasteiger partial charge in [0, 0.05) is 10.1 Å². The number of rotatable bonds is 1. The summed E-state index contributed by atoms with van der Waals surface area (Å²) >= 11 is 1.56. The predicted molar refractivity (Wildman–Crippen MR) is 56.8 cm³/mol. The third-order valence-electron chi connectivity index (χ3n) is 1.79. The molecular formula is C9H6F3IN2. The normalized spacial score (nSPS) is 11.2. The number of halogens is 4. The zero-order valence-electron chi connectivity index (χ0n) is 7.40. The highest BCUT2D eigenvalue weighted by molar-refractivity contribution is 14.1. The summed E-state index contributed by atoms with van der Waals surface area (Å²) in [4.78, 5) is 0. The Morgan fingerprint density at radius 2 is 2.00 bits per heavy atom. The molecule has 0 aromatic heterocycles. The SMILES string of the molecule is N#Cc1cc(CN)cc(I)c1C(F)(F)F. The first-order valence-electron chi connectivity index (χ1n) is 3.90. The summed E-state index contributed by atoms with van der Waals surface area (Å²) in [7, 11) is 0. The van der Waals surface area contributed by atoms with Gasteiger partial charge in [0.1, 0.15) is 0 Å². The number of hydrogen-bond donors (Lipinski definition) is 1. The number of nitrogens with two attached hydrogens (primary N) is 1. The fraction of sp³-hybridized carbons (Fsp3) is 0.222. The van der Waals surface area contributed by atoms with E-state index in [4.69, 9.17) is 11.0 Å². The molecule has 0 heterocycles. The minimum absolute atomic E-state index is 0.000370. The second-order valence-corrected chi connectivity index (χ2v) is 3.98. The van der Waals surface area contributed by atoms with Crippen molar-refractivity contribution in [2.75, 3.05) is 0 Å². The monoisotopic (exact) mass is 326 g/mol. The molecule has 6 heteroatoms. The van der Waals surface area contributed by atoms with E-state index in [1.807, 2.05) is 0 Å². The zero-order valence-corrected chi connectivity index (χ0v) is 9.56. The molecule has 1 aromatic rings. The van der Waals surface area contributed by atoms with Crippen molar-refractivity contribution < 1.29 is 13.2 Å². The molecule has 1 rings (SSSR count). The van der Waals surface area contributed by atoms with Crippen LogP contribution >= 0.6 is 22.6 Å². The van der Waals surface area contributed by atoms with Crippen LogP contribution in [-0.4, -0.2) is 0 Å². The Labute approximate surface area is 98.0 Å². The van der Waals surface area contributed by atoms with Gasteiger partial charge in [-0.3, -0.25) is 0 Å². The minimum atomic E-state index is -4.51. The molecule has 0 spiro atoms. The van der Waals surface area contributed by atoms with E-state index >= 15 is 0 Å². The minimum Gasteiger partial charge on any atom is -0.326 e. The average molecular weight is 326 g/mol. The van der Waals surface area contributed by atoms with E-state index in [2.05, 4.69) is 0 Å². The van der Waals surface area contributed by atoms with Crippen molar-refractivity contribution >= 4 is 22.6 Å². The van der Waals surface area contributed by atoms with E-state index in [0.29, 0.717) is 5.56 Å². The van der Waals surface area contributed by atoms with Gasteiger partial charge >= 0.3 is 6.18 Å². The Hall–Kier alpha value is -0.810. The Bertz CT molecular complexity index is 421. The van der Waals surface area contributed by atoms with Crippen molar-refractivity contribution in [3.8, 4) is 6.07 Å². The van der Waals surface area contributed by atoms with Crippen LogP contribution in [-0.2, 0) is 12.7 Å². The van der Waals surface area contributed by atoms with Gasteiger partial charge in [-0.2, -0.15) is 18.4 Å². The molecule has 0 amide bonds. The molecule has 15 heavy (non-hydrogen) atoms. The maximum Gasteiger partial charge on any atom is 0.418 e. The van der Waals surface area contributed by atoms with Gasteiger partial charge in [0.05, 0.1) is 17.2 Å². The molecule has 0 unspecified atom stereocenters. The molecule has 0 radical (unpaired) electrons. The van der Waals surface area contributed by atoms with Crippen molar-refractivity contribution in [2.24, 2.45) is 5.73 Å². The zero-order chi connectivity index (χ0) is 11.6. The summed E-state index contributed by atoms with van der Waals surface area (Å²) in [5, 5.41) is 8.63. The summed E-state index contributed by atoms with van der Waals surface area (Å²) in [6.45, 7) is 0.114. The van der Waals surface area contributed by atoms with Crippen LogP contribution in [0.4, 0.5) is 13.2 Å². The lowest BCUT2D eigenvalue weighted by Gasteiger charge is -2.12. The molecule has 2 N–H and O–H groups in total. The van der Waals surface area contributed by atoms with Gasteiger partial charge in [-0.05, 0) is 40.3 Å². The van der Waals surface area contributed by atoms with E-state index in [0.717, 1.165) is 0 Å². The molecule has 2 nitrogen and oxygen atoms in total. The molecule has 0 atom stereocenters. The third-order valence-corrected chi connectivity index (χ3v) is 2.64. The van der Waals surface area contributed by atoms with Crippen LogP contribution in [0.25, 0.3) is 0 Å². The molecule has 80 valence electrons. The van der Waals surface area contributed by atoms with Crippen LogP contribution in [0.15, 0.2) is 12.1 Å². The summed E-state index contributed by atoms with van der Waals surface area (Å²) in [6, 6.07) is 4.05. The third kappa shape index (κ3) is 2.60. The Morgan fingerprint density at radius 3 is 2.40 bits per heavy atom. The van der Waals surface area contributed by atoms with E-state index in [9.17, 15) is 13.2 Å². The van der Waals surface area contributed by atoms with Gasteiger partial charge in [0.25, 0.3) is 0 Å². The molecule has 0 saturated heterocycles. The summed E-state index contributed by atoms with van der Waals surface area (Å²) < 4.78 is 37.6. The van der Waals surface area contributed by atoms with Crippen LogP contribution in [0.1, 0.15) is 16.7 Å². The quantitative estimate of drug-likeness (QED) is 0.807. The second kappa shape index (κ2) is 4.37. The number of nitrogens with zero attached hydrogens (tertiary/aromatic N) is 1. The van der Waals surface area contributed by atoms with Crippen molar-refractivity contribution in [3.63, 3.8) is 0 Å². The van der Waals surface area contributed by atoms with Gasteiger partial charge in [-0.25, -0.2) is 0 Å². The topological polar surface area (TPSA) is 49.8 Å². The fourth-order valence-corrected chi connectivity index (χ4v) is 2.15. The fourth-order valence-electron chi connectivity index (χ4n) is 1.16. The van der Waals surface area contributed by atoms with Crippen LogP contribution in [0, 0.1) is 14.9 Å². The Balaban J connectivity index is 3.47. The molecule has 0 bridgehead atoms. The van der Waals surface area contributed by atoms with Crippen molar-refractivity contribution in [1.82, 2.24) is 0 Å². The Kier molecular flexibility index (Phi) is 3.57. The first-order chi connectivity index (χ1) is 6.90. The number of alkyl halides is 3. The molecule has 0 fully saturated rings. The van der Waals surface area contributed by atoms with Gasteiger partial charge < -0.3 is 5.73 Å². The molecule has 0 aliphatic rings. The van der Waals surface area contributed by atoms with Gasteiger partial charge in [-0.15, -0.1) is 0 Å². The lowest BCUT2D eigenvalue weighted by Crippen LogP contribution is -2.12. The number of hydrogen-bond acceptors (Lipinski definition) is 2. The van der Waals surface area contributed by atoms with Crippen LogP contribution in [0.3, 0.4) is 0 Å². The number of nitriles is 1. The standard InChI is InChI=1S/C9H6F3IN2/c10-9(11,12)8-6(4-15)1-5(3-14)2-7(8)13/h1-2H,3,14H2. The van der Waals surface area contributed by atoms with Gasteiger partial charge in [0.2, 0.25) is 0 Å². The predicted octanol–water partition coefficient (Wildman–Crippen LogP) is 2.64. The largest absolute Gasteiger partial charge is 0.418 e. The van der Waals surface area contributed by atoms with E-state index < -0.39 is 11.7 Å². The smallest absolute Gasteiger partial charge is 0.326 e. The van der Waals surface area contributed by atoms with Crippen molar-refractivity contribution in [3.05, 3.63) is 32.4 Å². The molecule has 1 aromatic carbocycles. The average Bonchev–Trinajstić information content (AvgIpc) is 2.14. The molecule has 0 aliphatic carbocycles. The van der Waals surface area contributed by atoms with E-state index in [1.54, 1.807) is 22.6 Å². The van der Waals surface area contributed by atoms with Crippen LogP contribution < -0.4 is 5.73 Å².